The van der Waals surface area contributed by atoms with Gasteiger partial charge in [-0.1, -0.05) is 20.3 Å². The molecule has 0 bridgehead atoms. The van der Waals surface area contributed by atoms with Gasteiger partial charge in [0.2, 0.25) is 5.91 Å². The Bertz CT molecular complexity index is 230. The van der Waals surface area contributed by atoms with Crippen molar-refractivity contribution in [3.05, 3.63) is 0 Å². The van der Waals surface area contributed by atoms with E-state index < -0.39 is 0 Å². The third kappa shape index (κ3) is 3.76. The minimum atomic E-state index is -0.381. The second kappa shape index (κ2) is 6.21. The third-order valence-corrected chi connectivity index (χ3v) is 3.45. The van der Waals surface area contributed by atoms with Crippen molar-refractivity contribution in [2.75, 3.05) is 20.1 Å². The van der Waals surface area contributed by atoms with Gasteiger partial charge in [0, 0.05) is 12.6 Å². The van der Waals surface area contributed by atoms with Gasteiger partial charge < -0.3 is 16.0 Å². The number of hydrogen-bond donors (Lipinski definition) is 2. The highest BCUT2D eigenvalue weighted by atomic mass is 16.2. The zero-order chi connectivity index (χ0) is 12.1. The molecular weight excluding hydrogens is 202 g/mol. The summed E-state index contributed by atoms with van der Waals surface area (Å²) in [5.41, 5.74) is 5.78. The number of amides is 1. The van der Waals surface area contributed by atoms with Gasteiger partial charge in [0.05, 0.1) is 6.04 Å². The van der Waals surface area contributed by atoms with E-state index in [1.807, 2.05) is 13.8 Å². The van der Waals surface area contributed by atoms with Crippen LogP contribution in [0.2, 0.25) is 0 Å². The van der Waals surface area contributed by atoms with Crippen LogP contribution >= 0.6 is 0 Å². The van der Waals surface area contributed by atoms with Gasteiger partial charge in [-0.05, 0) is 32.4 Å². The van der Waals surface area contributed by atoms with Crippen LogP contribution in [0, 0.1) is 5.92 Å². The first kappa shape index (κ1) is 13.5. The molecule has 1 fully saturated rings. The van der Waals surface area contributed by atoms with Gasteiger partial charge in [0.25, 0.3) is 0 Å². The lowest BCUT2D eigenvalue weighted by atomic mass is 10.0. The third-order valence-electron chi connectivity index (χ3n) is 3.45. The quantitative estimate of drug-likeness (QED) is 0.738. The molecule has 1 rings (SSSR count). The molecule has 0 aromatic heterocycles. The summed E-state index contributed by atoms with van der Waals surface area (Å²) in [6.07, 6.45) is 3.71. The van der Waals surface area contributed by atoms with E-state index in [1.54, 1.807) is 0 Å². The highest BCUT2D eigenvalue weighted by Crippen LogP contribution is 2.14. The Morgan fingerprint density at radius 2 is 2.19 bits per heavy atom. The Hall–Kier alpha value is -0.610. The van der Waals surface area contributed by atoms with Crippen molar-refractivity contribution in [1.29, 1.82) is 0 Å². The minimum absolute atomic E-state index is 0.0195. The molecule has 0 aliphatic carbocycles. The molecule has 0 aromatic carbocycles. The number of likely N-dealkylation sites (N-methyl/N-ethyl adjacent to an activating group) is 1. The molecule has 1 aliphatic heterocycles. The van der Waals surface area contributed by atoms with Crippen molar-refractivity contribution >= 4 is 5.91 Å². The van der Waals surface area contributed by atoms with Crippen LogP contribution < -0.4 is 11.1 Å². The smallest absolute Gasteiger partial charge is 0.237 e. The number of nitrogens with one attached hydrogen (secondary N) is 1. The Morgan fingerprint density at radius 3 is 2.75 bits per heavy atom. The topological polar surface area (TPSA) is 58.4 Å². The first-order valence-electron chi connectivity index (χ1n) is 6.26. The maximum Gasteiger partial charge on any atom is 0.237 e. The predicted molar refractivity (Wildman–Crippen MR) is 66.1 cm³/mol. The molecule has 94 valence electrons. The summed E-state index contributed by atoms with van der Waals surface area (Å²) in [5.74, 6) is 0.179. The first-order valence-corrected chi connectivity index (χ1v) is 6.26. The van der Waals surface area contributed by atoms with E-state index in [9.17, 15) is 4.79 Å². The standard InChI is InChI=1S/C12H25N3O/c1-9(2)11(13)12(16)14-8-10-6-4-5-7-15(10)3/h9-11H,4-8,13H2,1-3H3,(H,14,16)/t10?,11-/m1/s1. The molecule has 4 nitrogen and oxygen atoms in total. The number of rotatable bonds is 4. The Balaban J connectivity index is 2.30. The van der Waals surface area contributed by atoms with Crippen LogP contribution in [-0.2, 0) is 4.79 Å². The number of piperidine rings is 1. The van der Waals surface area contributed by atoms with E-state index in [0.29, 0.717) is 6.04 Å². The Kier molecular flexibility index (Phi) is 5.22. The molecular formula is C12H25N3O. The monoisotopic (exact) mass is 227 g/mol. The Morgan fingerprint density at radius 1 is 1.50 bits per heavy atom. The van der Waals surface area contributed by atoms with E-state index in [4.69, 9.17) is 5.73 Å². The van der Waals surface area contributed by atoms with Crippen LogP contribution in [-0.4, -0.2) is 43.0 Å². The van der Waals surface area contributed by atoms with Crippen molar-refractivity contribution < 1.29 is 4.79 Å². The fourth-order valence-corrected chi connectivity index (χ4v) is 2.04. The van der Waals surface area contributed by atoms with Crippen LogP contribution in [0.3, 0.4) is 0 Å². The summed E-state index contributed by atoms with van der Waals surface area (Å²) in [4.78, 5) is 14.0. The van der Waals surface area contributed by atoms with Crippen molar-refractivity contribution in [1.82, 2.24) is 10.2 Å². The molecule has 0 saturated carbocycles. The van der Waals surface area contributed by atoms with Crippen molar-refractivity contribution in [2.45, 2.75) is 45.2 Å². The zero-order valence-corrected chi connectivity index (χ0v) is 10.7. The van der Waals surface area contributed by atoms with E-state index in [2.05, 4.69) is 17.3 Å². The number of nitrogens with two attached hydrogens (primary N) is 1. The number of carbonyl (C=O) groups is 1. The highest BCUT2D eigenvalue weighted by Gasteiger charge is 2.21. The van der Waals surface area contributed by atoms with E-state index >= 15 is 0 Å². The van der Waals surface area contributed by atoms with Gasteiger partial charge in [-0.25, -0.2) is 0 Å². The summed E-state index contributed by atoms with van der Waals surface area (Å²) >= 11 is 0. The molecule has 3 N–H and O–H groups in total. The van der Waals surface area contributed by atoms with Gasteiger partial charge in [0.15, 0.2) is 0 Å². The molecule has 1 amide bonds. The highest BCUT2D eigenvalue weighted by molar-refractivity contribution is 5.81. The van der Waals surface area contributed by atoms with Crippen LogP contribution in [0.1, 0.15) is 33.1 Å². The van der Waals surface area contributed by atoms with Gasteiger partial charge in [-0.3, -0.25) is 4.79 Å². The van der Waals surface area contributed by atoms with E-state index in [0.717, 1.165) is 13.1 Å². The molecule has 16 heavy (non-hydrogen) atoms. The average molecular weight is 227 g/mol. The first-order chi connectivity index (χ1) is 7.52. The van der Waals surface area contributed by atoms with Crippen LogP contribution in [0.5, 0.6) is 0 Å². The van der Waals surface area contributed by atoms with Gasteiger partial charge in [-0.2, -0.15) is 0 Å². The minimum Gasteiger partial charge on any atom is -0.353 e. The number of carbonyl (C=O) groups excluding carboxylic acids is 1. The lowest BCUT2D eigenvalue weighted by Gasteiger charge is -2.32. The van der Waals surface area contributed by atoms with Gasteiger partial charge in [0.1, 0.15) is 0 Å². The zero-order valence-electron chi connectivity index (χ0n) is 10.7. The van der Waals surface area contributed by atoms with Gasteiger partial charge >= 0.3 is 0 Å². The molecule has 0 spiro atoms. The summed E-state index contributed by atoms with van der Waals surface area (Å²) in [5, 5.41) is 2.96. The van der Waals surface area contributed by atoms with E-state index in [1.165, 1.54) is 19.3 Å². The maximum absolute atomic E-state index is 11.7. The molecule has 1 heterocycles. The SMILES string of the molecule is CC(C)[C@@H](N)C(=O)NCC1CCCCN1C. The molecule has 1 aliphatic rings. The molecule has 2 atom stereocenters. The van der Waals surface area contributed by atoms with Crippen LogP contribution in [0.25, 0.3) is 0 Å². The lowest BCUT2D eigenvalue weighted by Crippen LogP contribution is -2.49. The second-order valence-corrected chi connectivity index (χ2v) is 5.15. The fraction of sp³-hybridized carbons (Fsp3) is 0.917. The second-order valence-electron chi connectivity index (χ2n) is 5.15. The number of nitrogens with zero attached hydrogens (tertiary/aromatic N) is 1. The predicted octanol–water partition coefficient (Wildman–Crippen LogP) is 0.570. The molecule has 1 unspecified atom stereocenters. The van der Waals surface area contributed by atoms with Crippen molar-refractivity contribution in [2.24, 2.45) is 11.7 Å². The summed E-state index contributed by atoms with van der Waals surface area (Å²) in [7, 11) is 2.12. The Labute approximate surface area is 98.6 Å². The molecule has 0 radical (unpaired) electrons. The van der Waals surface area contributed by atoms with Crippen molar-refractivity contribution in [3.63, 3.8) is 0 Å². The normalized spacial score (nSPS) is 24.4. The van der Waals surface area contributed by atoms with Crippen LogP contribution in [0.4, 0.5) is 0 Å². The van der Waals surface area contributed by atoms with E-state index in [-0.39, 0.29) is 17.9 Å². The average Bonchev–Trinajstić information content (AvgIpc) is 2.26. The lowest BCUT2D eigenvalue weighted by molar-refractivity contribution is -0.123. The number of likely N-dealkylation sites (tertiary alicyclic amines) is 1. The number of hydrogen-bond acceptors (Lipinski definition) is 3. The fourth-order valence-electron chi connectivity index (χ4n) is 2.04. The molecule has 0 aromatic rings. The maximum atomic E-state index is 11.7. The van der Waals surface area contributed by atoms with Crippen molar-refractivity contribution in [3.8, 4) is 0 Å². The molecule has 4 heteroatoms. The van der Waals surface area contributed by atoms with Gasteiger partial charge in [-0.15, -0.1) is 0 Å². The molecule has 1 saturated heterocycles. The summed E-state index contributed by atoms with van der Waals surface area (Å²) in [6.45, 7) is 5.81. The largest absolute Gasteiger partial charge is 0.353 e. The summed E-state index contributed by atoms with van der Waals surface area (Å²) < 4.78 is 0. The van der Waals surface area contributed by atoms with Crippen LogP contribution in [0.15, 0.2) is 0 Å². The summed E-state index contributed by atoms with van der Waals surface area (Å²) in [6, 6.07) is 0.103.